The Bertz CT molecular complexity index is 915. The summed E-state index contributed by atoms with van der Waals surface area (Å²) in [6, 6.07) is 8.83. The summed E-state index contributed by atoms with van der Waals surface area (Å²) in [5, 5.41) is 32.0. The molecular weight excluding hydrogens is 320 g/mol. The summed E-state index contributed by atoms with van der Waals surface area (Å²) in [6.45, 7) is 3.99. The Balaban J connectivity index is 2.02. The monoisotopic (exact) mass is 340 g/mol. The number of phenols is 2. The molecule has 3 N–H and O–H groups in total. The summed E-state index contributed by atoms with van der Waals surface area (Å²) in [5.41, 5.74) is -0.00821. The standard InChI is InChI=1S/C20H20O5/c1-19(2)12-6-4-5-7-13(12)20(24)15(19)9-10-11(18(20)23)8-14(25-3)17(22)16(10)21/h4-8,15,21-22,24H,9H2,1-3H3/t15-,20+/m0/s1. The summed E-state index contributed by atoms with van der Waals surface area (Å²) in [5.74, 6) is -1.62. The fraction of sp³-hybridized carbons (Fsp3) is 0.350. The van der Waals surface area contributed by atoms with E-state index in [2.05, 4.69) is 0 Å². The Kier molecular flexibility index (Phi) is 3.04. The van der Waals surface area contributed by atoms with E-state index in [4.69, 9.17) is 4.74 Å². The Hall–Kier alpha value is -2.53. The van der Waals surface area contributed by atoms with E-state index in [1.807, 2.05) is 32.0 Å². The topological polar surface area (TPSA) is 87.0 Å². The number of ketones is 1. The predicted octanol–water partition coefficient (Wildman–Crippen LogP) is 2.64. The lowest BCUT2D eigenvalue weighted by molar-refractivity contribution is -0.0182. The minimum Gasteiger partial charge on any atom is -0.504 e. The number of rotatable bonds is 1. The average molecular weight is 340 g/mol. The number of hydrogen-bond donors (Lipinski definition) is 3. The van der Waals surface area contributed by atoms with Gasteiger partial charge in [-0.15, -0.1) is 0 Å². The van der Waals surface area contributed by atoms with Crippen LogP contribution in [0.4, 0.5) is 0 Å². The zero-order valence-electron chi connectivity index (χ0n) is 14.3. The molecule has 0 aromatic heterocycles. The van der Waals surface area contributed by atoms with Crippen molar-refractivity contribution in [2.45, 2.75) is 31.3 Å². The first-order valence-corrected chi connectivity index (χ1v) is 8.23. The van der Waals surface area contributed by atoms with Crippen molar-refractivity contribution < 1.29 is 24.9 Å². The lowest BCUT2D eigenvalue weighted by atomic mass is 9.65. The van der Waals surface area contributed by atoms with Crippen molar-refractivity contribution in [3.8, 4) is 17.2 Å². The normalized spacial score (nSPS) is 25.9. The second-order valence-corrected chi connectivity index (χ2v) is 7.42. The van der Waals surface area contributed by atoms with Crippen molar-refractivity contribution in [3.63, 3.8) is 0 Å². The van der Waals surface area contributed by atoms with Gasteiger partial charge in [-0.1, -0.05) is 38.1 Å². The molecule has 0 saturated carbocycles. The Morgan fingerprint density at radius 1 is 1.12 bits per heavy atom. The van der Waals surface area contributed by atoms with Gasteiger partial charge in [0.15, 0.2) is 22.9 Å². The van der Waals surface area contributed by atoms with Crippen molar-refractivity contribution in [1.29, 1.82) is 0 Å². The molecular formula is C20H20O5. The largest absolute Gasteiger partial charge is 0.504 e. The molecule has 0 bridgehead atoms. The van der Waals surface area contributed by atoms with E-state index < -0.39 is 22.7 Å². The number of carbonyl (C=O) groups is 1. The quantitative estimate of drug-likeness (QED) is 0.695. The molecule has 5 nitrogen and oxygen atoms in total. The number of carbonyl (C=O) groups excluding carboxylic acids is 1. The van der Waals surface area contributed by atoms with Crippen molar-refractivity contribution in [1.82, 2.24) is 0 Å². The van der Waals surface area contributed by atoms with Crippen LogP contribution >= 0.6 is 0 Å². The Morgan fingerprint density at radius 2 is 1.76 bits per heavy atom. The zero-order valence-corrected chi connectivity index (χ0v) is 14.3. The van der Waals surface area contributed by atoms with Crippen LogP contribution in [0.15, 0.2) is 30.3 Å². The van der Waals surface area contributed by atoms with Gasteiger partial charge in [0.2, 0.25) is 5.75 Å². The Labute approximate surface area is 145 Å². The molecule has 0 spiro atoms. The molecule has 2 aromatic rings. The first-order chi connectivity index (χ1) is 11.7. The Morgan fingerprint density at radius 3 is 2.40 bits per heavy atom. The third kappa shape index (κ3) is 1.74. The van der Waals surface area contributed by atoms with Crippen LogP contribution < -0.4 is 4.74 Å². The van der Waals surface area contributed by atoms with Crippen LogP contribution in [0.5, 0.6) is 17.2 Å². The van der Waals surface area contributed by atoms with Crippen LogP contribution in [0.1, 0.15) is 40.9 Å². The SMILES string of the molecule is COc1cc2c(c(O)c1O)C[C@H]1C(C)(C)c3ccccc3[C@]1(O)C2=O. The number of aromatic hydroxyl groups is 2. The first-order valence-electron chi connectivity index (χ1n) is 8.23. The maximum absolute atomic E-state index is 13.3. The number of phenolic OH excluding ortho intramolecular Hbond substituents is 2. The van der Waals surface area contributed by atoms with Crippen LogP contribution in [0.2, 0.25) is 0 Å². The number of benzene rings is 2. The van der Waals surface area contributed by atoms with Crippen molar-refractivity contribution in [2.24, 2.45) is 5.92 Å². The van der Waals surface area contributed by atoms with E-state index in [-0.39, 0.29) is 29.2 Å². The van der Waals surface area contributed by atoms with Crippen molar-refractivity contribution in [2.75, 3.05) is 7.11 Å². The predicted molar refractivity (Wildman–Crippen MR) is 91.2 cm³/mol. The molecule has 25 heavy (non-hydrogen) atoms. The molecule has 0 saturated heterocycles. The lowest BCUT2D eigenvalue weighted by Crippen LogP contribution is -2.48. The maximum atomic E-state index is 13.3. The van der Waals surface area contributed by atoms with Crippen molar-refractivity contribution >= 4 is 5.78 Å². The fourth-order valence-corrected chi connectivity index (χ4v) is 4.61. The van der Waals surface area contributed by atoms with Gasteiger partial charge in [-0.2, -0.15) is 0 Å². The molecule has 0 radical (unpaired) electrons. The third-order valence-electron chi connectivity index (χ3n) is 5.97. The summed E-state index contributed by atoms with van der Waals surface area (Å²) in [7, 11) is 1.35. The van der Waals surface area contributed by atoms with E-state index in [1.165, 1.54) is 13.2 Å². The molecule has 4 rings (SSSR count). The first kappa shape index (κ1) is 16.0. The van der Waals surface area contributed by atoms with Gasteiger partial charge < -0.3 is 20.1 Å². The minimum absolute atomic E-state index is 0.0113. The van der Waals surface area contributed by atoms with Crippen molar-refractivity contribution in [3.05, 3.63) is 52.6 Å². The number of hydrogen-bond acceptors (Lipinski definition) is 5. The van der Waals surface area contributed by atoms with Gasteiger partial charge >= 0.3 is 0 Å². The smallest absolute Gasteiger partial charge is 0.200 e. The highest BCUT2D eigenvalue weighted by molar-refractivity contribution is 6.07. The zero-order chi connectivity index (χ0) is 18.1. The van der Waals surface area contributed by atoms with Gasteiger partial charge in [0.25, 0.3) is 0 Å². The van der Waals surface area contributed by atoms with Gasteiger partial charge in [-0.25, -0.2) is 0 Å². The molecule has 0 unspecified atom stereocenters. The van der Waals surface area contributed by atoms with Gasteiger partial charge in [0.1, 0.15) is 0 Å². The molecule has 0 fully saturated rings. The molecule has 130 valence electrons. The van der Waals surface area contributed by atoms with Gasteiger partial charge in [-0.3, -0.25) is 4.79 Å². The van der Waals surface area contributed by atoms with E-state index in [0.717, 1.165) is 5.56 Å². The fourth-order valence-electron chi connectivity index (χ4n) is 4.61. The second kappa shape index (κ2) is 4.76. The highest BCUT2D eigenvalue weighted by Gasteiger charge is 2.61. The van der Waals surface area contributed by atoms with E-state index in [9.17, 15) is 20.1 Å². The summed E-state index contributed by atoms with van der Waals surface area (Å²) in [4.78, 5) is 13.3. The third-order valence-corrected chi connectivity index (χ3v) is 5.97. The molecule has 2 aliphatic rings. The lowest BCUT2D eigenvalue weighted by Gasteiger charge is -2.40. The number of aliphatic hydroxyl groups is 1. The van der Waals surface area contributed by atoms with E-state index in [0.29, 0.717) is 11.1 Å². The number of Topliss-reactive ketones (excluding diaryl/α,β-unsaturated/α-hetero) is 1. The summed E-state index contributed by atoms with van der Waals surface area (Å²) in [6.07, 6.45) is 0.280. The van der Waals surface area contributed by atoms with Gasteiger partial charge in [0.05, 0.1) is 7.11 Å². The van der Waals surface area contributed by atoms with E-state index in [1.54, 1.807) is 6.07 Å². The summed E-state index contributed by atoms with van der Waals surface area (Å²) >= 11 is 0. The highest BCUT2D eigenvalue weighted by Crippen LogP contribution is 2.59. The minimum atomic E-state index is -1.65. The molecule has 5 heteroatoms. The van der Waals surface area contributed by atoms with Crippen LogP contribution in [-0.4, -0.2) is 28.2 Å². The number of methoxy groups -OCH3 is 1. The molecule has 0 amide bonds. The number of ether oxygens (including phenoxy) is 1. The second-order valence-electron chi connectivity index (χ2n) is 7.42. The summed E-state index contributed by atoms with van der Waals surface area (Å²) < 4.78 is 5.05. The van der Waals surface area contributed by atoms with Crippen LogP contribution in [-0.2, 0) is 17.4 Å². The van der Waals surface area contributed by atoms with Crippen LogP contribution in [0.3, 0.4) is 0 Å². The van der Waals surface area contributed by atoms with Crippen LogP contribution in [0, 0.1) is 5.92 Å². The molecule has 2 aromatic carbocycles. The average Bonchev–Trinajstić information content (AvgIpc) is 2.78. The van der Waals surface area contributed by atoms with E-state index >= 15 is 0 Å². The molecule has 2 aliphatic carbocycles. The molecule has 0 heterocycles. The number of fused-ring (bicyclic) bond motifs is 4. The van der Waals surface area contributed by atoms with Gasteiger partial charge in [-0.05, 0) is 29.0 Å². The molecule has 2 atom stereocenters. The molecule has 0 aliphatic heterocycles. The van der Waals surface area contributed by atoms with Crippen LogP contribution in [0.25, 0.3) is 0 Å². The maximum Gasteiger partial charge on any atom is 0.200 e. The highest BCUT2D eigenvalue weighted by atomic mass is 16.5. The van der Waals surface area contributed by atoms with Gasteiger partial charge in [0, 0.05) is 17.0 Å².